The summed E-state index contributed by atoms with van der Waals surface area (Å²) in [4.78, 5) is 14.1. The van der Waals surface area contributed by atoms with Crippen LogP contribution in [0.15, 0.2) is 30.3 Å². The third-order valence-electron chi connectivity index (χ3n) is 3.16. The highest BCUT2D eigenvalue weighted by Gasteiger charge is 2.29. The summed E-state index contributed by atoms with van der Waals surface area (Å²) in [6.45, 7) is 5.18. The molecule has 0 unspecified atom stereocenters. The maximum atomic E-state index is 12.3. The van der Waals surface area contributed by atoms with Gasteiger partial charge in [-0.15, -0.1) is 0 Å². The Morgan fingerprint density at radius 3 is 2.39 bits per heavy atom. The number of rotatable bonds is 2. The molecule has 4 nitrogen and oxygen atoms in total. The first-order valence-electron chi connectivity index (χ1n) is 6.32. The molecule has 0 saturated carbocycles. The Morgan fingerprint density at radius 1 is 1.28 bits per heavy atom. The fourth-order valence-corrected chi connectivity index (χ4v) is 2.36. The van der Waals surface area contributed by atoms with Crippen LogP contribution in [0, 0.1) is 0 Å². The van der Waals surface area contributed by atoms with Crippen LogP contribution in [0.4, 0.5) is 0 Å². The quantitative estimate of drug-likeness (QED) is 0.859. The van der Waals surface area contributed by atoms with Crippen molar-refractivity contribution in [3.05, 3.63) is 35.9 Å². The van der Waals surface area contributed by atoms with Crippen LogP contribution in [0.3, 0.4) is 0 Å². The Morgan fingerprint density at radius 2 is 1.83 bits per heavy atom. The van der Waals surface area contributed by atoms with Crippen molar-refractivity contribution >= 4 is 5.91 Å². The number of ether oxygens (including phenoxy) is 1. The molecule has 3 atom stereocenters. The molecule has 2 rings (SSSR count). The van der Waals surface area contributed by atoms with Gasteiger partial charge in [0.05, 0.1) is 12.2 Å². The molecule has 1 aliphatic heterocycles. The molecule has 0 radical (unpaired) electrons. The molecule has 4 heteroatoms. The highest BCUT2D eigenvalue weighted by atomic mass is 16.5. The van der Waals surface area contributed by atoms with Crippen LogP contribution in [0.5, 0.6) is 0 Å². The highest BCUT2D eigenvalue weighted by Crippen LogP contribution is 2.17. The minimum absolute atomic E-state index is 0.0248. The summed E-state index contributed by atoms with van der Waals surface area (Å²) in [5.74, 6) is -0.0248. The smallest absolute Gasteiger partial charge is 0.244 e. The van der Waals surface area contributed by atoms with E-state index in [4.69, 9.17) is 10.5 Å². The second kappa shape index (κ2) is 5.50. The Labute approximate surface area is 108 Å². The van der Waals surface area contributed by atoms with Gasteiger partial charge >= 0.3 is 0 Å². The van der Waals surface area contributed by atoms with E-state index < -0.39 is 6.04 Å². The number of hydrogen-bond acceptors (Lipinski definition) is 3. The Hall–Kier alpha value is -1.39. The Balaban J connectivity index is 2.07. The van der Waals surface area contributed by atoms with Gasteiger partial charge in [0.15, 0.2) is 0 Å². The van der Waals surface area contributed by atoms with E-state index in [9.17, 15) is 4.79 Å². The summed E-state index contributed by atoms with van der Waals surface area (Å²) < 4.78 is 5.62. The number of hydrogen-bond donors (Lipinski definition) is 1. The Kier molecular flexibility index (Phi) is 3.99. The normalized spacial score (nSPS) is 25.8. The lowest BCUT2D eigenvalue weighted by molar-refractivity contribution is -0.144. The molecular formula is C14H20N2O2. The van der Waals surface area contributed by atoms with Crippen molar-refractivity contribution < 1.29 is 9.53 Å². The van der Waals surface area contributed by atoms with Gasteiger partial charge in [0.1, 0.15) is 6.04 Å². The molecule has 1 fully saturated rings. The van der Waals surface area contributed by atoms with Gasteiger partial charge in [-0.25, -0.2) is 0 Å². The second-order valence-corrected chi connectivity index (χ2v) is 4.89. The molecule has 1 aromatic rings. The molecule has 98 valence electrons. The highest BCUT2D eigenvalue weighted by molar-refractivity contribution is 5.83. The fraction of sp³-hybridized carbons (Fsp3) is 0.500. The molecular weight excluding hydrogens is 228 g/mol. The van der Waals surface area contributed by atoms with Gasteiger partial charge in [0.25, 0.3) is 0 Å². The topological polar surface area (TPSA) is 55.6 Å². The van der Waals surface area contributed by atoms with E-state index in [1.807, 2.05) is 44.2 Å². The first kappa shape index (κ1) is 13.1. The average molecular weight is 248 g/mol. The second-order valence-electron chi connectivity index (χ2n) is 4.89. The summed E-state index contributed by atoms with van der Waals surface area (Å²) in [5, 5.41) is 0. The maximum absolute atomic E-state index is 12.3. The van der Waals surface area contributed by atoms with E-state index in [0.29, 0.717) is 13.1 Å². The largest absolute Gasteiger partial charge is 0.372 e. The summed E-state index contributed by atoms with van der Waals surface area (Å²) >= 11 is 0. The number of benzene rings is 1. The van der Waals surface area contributed by atoms with E-state index in [-0.39, 0.29) is 18.1 Å². The zero-order chi connectivity index (χ0) is 13.1. The standard InChI is InChI=1S/C14H20N2O2/c1-10-8-16(9-11(2)18-10)14(17)13(15)12-6-4-3-5-7-12/h3-7,10-11,13H,8-9,15H2,1-2H3/t10-,11-,13-/m0/s1. The monoisotopic (exact) mass is 248 g/mol. The molecule has 1 amide bonds. The zero-order valence-electron chi connectivity index (χ0n) is 10.9. The Bertz CT molecular complexity index is 398. The van der Waals surface area contributed by atoms with E-state index in [2.05, 4.69) is 0 Å². The van der Waals surface area contributed by atoms with Crippen LogP contribution in [0.1, 0.15) is 25.5 Å². The minimum atomic E-state index is -0.580. The number of carbonyl (C=O) groups excluding carboxylic acids is 1. The van der Waals surface area contributed by atoms with Crippen molar-refractivity contribution in [2.75, 3.05) is 13.1 Å². The number of amides is 1. The third-order valence-corrected chi connectivity index (χ3v) is 3.16. The van der Waals surface area contributed by atoms with Gasteiger partial charge in [0, 0.05) is 13.1 Å². The number of nitrogens with two attached hydrogens (primary N) is 1. The lowest BCUT2D eigenvalue weighted by Gasteiger charge is -2.36. The van der Waals surface area contributed by atoms with Crippen molar-refractivity contribution in [3.63, 3.8) is 0 Å². The van der Waals surface area contributed by atoms with Crippen molar-refractivity contribution in [2.24, 2.45) is 5.73 Å². The average Bonchev–Trinajstić information content (AvgIpc) is 2.37. The number of nitrogens with zero attached hydrogens (tertiary/aromatic N) is 1. The van der Waals surface area contributed by atoms with E-state index in [0.717, 1.165) is 5.56 Å². The van der Waals surface area contributed by atoms with Crippen LogP contribution in [0.25, 0.3) is 0 Å². The van der Waals surface area contributed by atoms with Crippen LogP contribution in [-0.4, -0.2) is 36.1 Å². The van der Waals surface area contributed by atoms with Crippen molar-refractivity contribution in [1.82, 2.24) is 4.90 Å². The van der Waals surface area contributed by atoms with Crippen LogP contribution in [-0.2, 0) is 9.53 Å². The lowest BCUT2D eigenvalue weighted by Crippen LogP contribution is -2.50. The van der Waals surface area contributed by atoms with Gasteiger partial charge in [-0.1, -0.05) is 30.3 Å². The predicted molar refractivity (Wildman–Crippen MR) is 70.0 cm³/mol. The van der Waals surface area contributed by atoms with Gasteiger partial charge < -0.3 is 15.4 Å². The molecule has 0 aliphatic carbocycles. The summed E-state index contributed by atoms with van der Waals surface area (Å²) in [5.41, 5.74) is 6.88. The zero-order valence-corrected chi connectivity index (χ0v) is 10.9. The van der Waals surface area contributed by atoms with Gasteiger partial charge in [-0.05, 0) is 19.4 Å². The summed E-state index contributed by atoms with van der Waals surface area (Å²) in [7, 11) is 0. The SMILES string of the molecule is C[C@H]1CN(C(=O)[C@@H](N)c2ccccc2)C[C@H](C)O1. The van der Waals surface area contributed by atoms with Crippen molar-refractivity contribution in [2.45, 2.75) is 32.1 Å². The molecule has 2 N–H and O–H groups in total. The molecule has 18 heavy (non-hydrogen) atoms. The number of morpholine rings is 1. The van der Waals surface area contributed by atoms with Gasteiger partial charge in [-0.3, -0.25) is 4.79 Å². The minimum Gasteiger partial charge on any atom is -0.372 e. The van der Waals surface area contributed by atoms with Crippen LogP contribution >= 0.6 is 0 Å². The first-order chi connectivity index (χ1) is 8.58. The summed E-state index contributed by atoms with van der Waals surface area (Å²) in [6.07, 6.45) is 0.140. The lowest BCUT2D eigenvalue weighted by atomic mass is 10.1. The summed E-state index contributed by atoms with van der Waals surface area (Å²) in [6, 6.07) is 8.90. The molecule has 1 aromatic carbocycles. The van der Waals surface area contributed by atoms with E-state index in [1.165, 1.54) is 0 Å². The van der Waals surface area contributed by atoms with E-state index >= 15 is 0 Å². The molecule has 0 bridgehead atoms. The van der Waals surface area contributed by atoms with Crippen molar-refractivity contribution in [1.29, 1.82) is 0 Å². The number of carbonyl (C=O) groups is 1. The van der Waals surface area contributed by atoms with Crippen molar-refractivity contribution in [3.8, 4) is 0 Å². The van der Waals surface area contributed by atoms with Gasteiger partial charge in [0.2, 0.25) is 5.91 Å². The molecule has 1 heterocycles. The maximum Gasteiger partial charge on any atom is 0.244 e. The molecule has 1 saturated heterocycles. The first-order valence-corrected chi connectivity index (χ1v) is 6.32. The van der Waals surface area contributed by atoms with Crippen LogP contribution < -0.4 is 5.73 Å². The molecule has 0 spiro atoms. The van der Waals surface area contributed by atoms with E-state index in [1.54, 1.807) is 4.90 Å². The fourth-order valence-electron chi connectivity index (χ4n) is 2.36. The van der Waals surface area contributed by atoms with Crippen LogP contribution in [0.2, 0.25) is 0 Å². The van der Waals surface area contributed by atoms with Gasteiger partial charge in [-0.2, -0.15) is 0 Å². The molecule has 1 aliphatic rings. The predicted octanol–water partition coefficient (Wildman–Crippen LogP) is 1.32. The third kappa shape index (κ3) is 2.89. The molecule has 0 aromatic heterocycles.